The van der Waals surface area contributed by atoms with E-state index in [1.54, 1.807) is 7.05 Å². The summed E-state index contributed by atoms with van der Waals surface area (Å²) in [6.07, 6.45) is 2.35. The Labute approximate surface area is 110 Å². The molecule has 0 aliphatic rings. The molecule has 0 radical (unpaired) electrons. The Morgan fingerprint density at radius 1 is 1.22 bits per heavy atom. The first kappa shape index (κ1) is 14.6. The molecule has 2 N–H and O–H groups in total. The Morgan fingerprint density at radius 2 is 1.94 bits per heavy atom. The van der Waals surface area contributed by atoms with Gasteiger partial charge in [0.05, 0.1) is 0 Å². The first-order valence-electron chi connectivity index (χ1n) is 6.61. The van der Waals surface area contributed by atoms with E-state index in [1.165, 1.54) is 6.42 Å². The van der Waals surface area contributed by atoms with Crippen molar-refractivity contribution in [1.82, 2.24) is 5.32 Å². The highest BCUT2D eigenvalue weighted by molar-refractivity contribution is 5.94. The van der Waals surface area contributed by atoms with Gasteiger partial charge in [0, 0.05) is 24.3 Å². The standard InChI is InChI=1S/C15H24N2O/c1-11(2)8-9-12(3)17-14-7-5-6-13(10-14)15(18)16-4/h5-7,10-12,17H,8-9H2,1-4H3,(H,16,18). The largest absolute Gasteiger partial charge is 0.383 e. The summed E-state index contributed by atoms with van der Waals surface area (Å²) in [7, 11) is 1.65. The van der Waals surface area contributed by atoms with Crippen LogP contribution in [0.4, 0.5) is 5.69 Å². The van der Waals surface area contributed by atoms with Crippen molar-refractivity contribution in [3.63, 3.8) is 0 Å². The summed E-state index contributed by atoms with van der Waals surface area (Å²) in [5, 5.41) is 6.07. The molecule has 1 amide bonds. The van der Waals surface area contributed by atoms with E-state index in [1.807, 2.05) is 24.3 Å². The van der Waals surface area contributed by atoms with Gasteiger partial charge in [0.2, 0.25) is 0 Å². The fraction of sp³-hybridized carbons (Fsp3) is 0.533. The second kappa shape index (κ2) is 7.04. The van der Waals surface area contributed by atoms with Crippen molar-refractivity contribution in [2.75, 3.05) is 12.4 Å². The normalized spacial score (nSPS) is 12.3. The van der Waals surface area contributed by atoms with Crippen LogP contribution in [0.1, 0.15) is 44.0 Å². The molecule has 18 heavy (non-hydrogen) atoms. The van der Waals surface area contributed by atoms with Gasteiger partial charge in [-0.3, -0.25) is 4.79 Å². The molecule has 3 heteroatoms. The van der Waals surface area contributed by atoms with Crippen molar-refractivity contribution < 1.29 is 4.79 Å². The lowest BCUT2D eigenvalue weighted by atomic mass is 10.0. The van der Waals surface area contributed by atoms with Crippen LogP contribution in [0.15, 0.2) is 24.3 Å². The third-order valence-electron chi connectivity index (χ3n) is 2.94. The summed E-state index contributed by atoms with van der Waals surface area (Å²) >= 11 is 0. The minimum atomic E-state index is -0.0477. The van der Waals surface area contributed by atoms with E-state index in [2.05, 4.69) is 31.4 Å². The van der Waals surface area contributed by atoms with Crippen molar-refractivity contribution in [1.29, 1.82) is 0 Å². The van der Waals surface area contributed by atoms with E-state index in [0.717, 1.165) is 18.0 Å². The molecule has 100 valence electrons. The quantitative estimate of drug-likeness (QED) is 0.811. The highest BCUT2D eigenvalue weighted by Gasteiger charge is 2.06. The molecule has 0 spiro atoms. The van der Waals surface area contributed by atoms with Crippen molar-refractivity contribution >= 4 is 11.6 Å². The third-order valence-corrected chi connectivity index (χ3v) is 2.94. The molecule has 1 aromatic carbocycles. The summed E-state index contributed by atoms with van der Waals surface area (Å²) < 4.78 is 0. The van der Waals surface area contributed by atoms with Crippen molar-refractivity contribution in [3.05, 3.63) is 29.8 Å². The van der Waals surface area contributed by atoms with E-state index in [4.69, 9.17) is 0 Å². The predicted molar refractivity (Wildman–Crippen MR) is 77.0 cm³/mol. The first-order valence-corrected chi connectivity index (χ1v) is 6.61. The summed E-state index contributed by atoms with van der Waals surface area (Å²) in [6.45, 7) is 6.65. The molecule has 0 heterocycles. The lowest BCUT2D eigenvalue weighted by Gasteiger charge is -2.16. The number of hydrogen-bond acceptors (Lipinski definition) is 2. The molecule has 1 rings (SSSR count). The SMILES string of the molecule is CNC(=O)c1cccc(NC(C)CCC(C)C)c1. The molecule has 0 bridgehead atoms. The number of carbonyl (C=O) groups is 1. The molecule has 0 saturated carbocycles. The van der Waals surface area contributed by atoms with Crippen molar-refractivity contribution in [2.24, 2.45) is 5.92 Å². The zero-order chi connectivity index (χ0) is 13.5. The van der Waals surface area contributed by atoms with Gasteiger partial charge >= 0.3 is 0 Å². The molecule has 1 aromatic rings. The molecule has 0 aromatic heterocycles. The van der Waals surface area contributed by atoms with Crippen molar-refractivity contribution in [2.45, 2.75) is 39.7 Å². The molecule has 0 aliphatic heterocycles. The van der Waals surface area contributed by atoms with Crippen LogP contribution in [0.5, 0.6) is 0 Å². The molecule has 3 nitrogen and oxygen atoms in total. The van der Waals surface area contributed by atoms with Gasteiger partial charge in [0.1, 0.15) is 0 Å². The van der Waals surface area contributed by atoms with Crippen LogP contribution in [0.2, 0.25) is 0 Å². The van der Waals surface area contributed by atoms with E-state index < -0.39 is 0 Å². The number of hydrogen-bond donors (Lipinski definition) is 2. The second-order valence-electron chi connectivity index (χ2n) is 5.18. The summed E-state index contributed by atoms with van der Waals surface area (Å²) in [5.74, 6) is 0.680. The Kier molecular flexibility index (Phi) is 5.69. The van der Waals surface area contributed by atoms with Gasteiger partial charge in [-0.2, -0.15) is 0 Å². The van der Waals surface area contributed by atoms with Gasteiger partial charge in [-0.1, -0.05) is 19.9 Å². The van der Waals surface area contributed by atoms with Gasteiger partial charge in [-0.25, -0.2) is 0 Å². The van der Waals surface area contributed by atoms with Crippen LogP contribution in [0.3, 0.4) is 0 Å². The number of nitrogens with one attached hydrogen (secondary N) is 2. The molecule has 0 saturated heterocycles. The fourth-order valence-corrected chi connectivity index (χ4v) is 1.83. The summed E-state index contributed by atoms with van der Waals surface area (Å²) in [4.78, 5) is 11.5. The Hall–Kier alpha value is -1.51. The van der Waals surface area contributed by atoms with E-state index >= 15 is 0 Å². The number of rotatable bonds is 6. The van der Waals surface area contributed by atoms with Crippen LogP contribution in [-0.4, -0.2) is 19.0 Å². The van der Waals surface area contributed by atoms with Gasteiger partial charge in [-0.05, 0) is 43.9 Å². The highest BCUT2D eigenvalue weighted by Crippen LogP contribution is 2.15. The van der Waals surface area contributed by atoms with Gasteiger partial charge < -0.3 is 10.6 Å². The zero-order valence-corrected chi connectivity index (χ0v) is 11.8. The molecule has 0 fully saturated rings. The smallest absolute Gasteiger partial charge is 0.251 e. The summed E-state index contributed by atoms with van der Waals surface area (Å²) in [5.41, 5.74) is 1.70. The van der Waals surface area contributed by atoms with E-state index in [0.29, 0.717) is 11.6 Å². The number of anilines is 1. The monoisotopic (exact) mass is 248 g/mol. The molecule has 0 aliphatic carbocycles. The van der Waals surface area contributed by atoms with Crippen LogP contribution in [-0.2, 0) is 0 Å². The van der Waals surface area contributed by atoms with Crippen LogP contribution in [0.25, 0.3) is 0 Å². The lowest BCUT2D eigenvalue weighted by Crippen LogP contribution is -2.19. The van der Waals surface area contributed by atoms with Crippen molar-refractivity contribution in [3.8, 4) is 0 Å². The maximum atomic E-state index is 11.5. The number of benzene rings is 1. The lowest BCUT2D eigenvalue weighted by molar-refractivity contribution is 0.0963. The minimum absolute atomic E-state index is 0.0477. The number of amides is 1. The number of carbonyl (C=O) groups excluding carboxylic acids is 1. The van der Waals surface area contributed by atoms with Gasteiger partial charge in [0.25, 0.3) is 5.91 Å². The highest BCUT2D eigenvalue weighted by atomic mass is 16.1. The van der Waals surface area contributed by atoms with Crippen LogP contribution < -0.4 is 10.6 Å². The molecule has 1 unspecified atom stereocenters. The molecular weight excluding hydrogens is 224 g/mol. The van der Waals surface area contributed by atoms with E-state index in [-0.39, 0.29) is 5.91 Å². The zero-order valence-electron chi connectivity index (χ0n) is 11.8. The van der Waals surface area contributed by atoms with Crippen LogP contribution >= 0.6 is 0 Å². The second-order valence-corrected chi connectivity index (χ2v) is 5.18. The average Bonchev–Trinajstić information content (AvgIpc) is 2.35. The maximum absolute atomic E-state index is 11.5. The van der Waals surface area contributed by atoms with E-state index in [9.17, 15) is 4.79 Å². The molecular formula is C15H24N2O. The van der Waals surface area contributed by atoms with Gasteiger partial charge in [-0.15, -0.1) is 0 Å². The fourth-order valence-electron chi connectivity index (χ4n) is 1.83. The average molecular weight is 248 g/mol. The van der Waals surface area contributed by atoms with Gasteiger partial charge in [0.15, 0.2) is 0 Å². The Balaban J connectivity index is 2.59. The van der Waals surface area contributed by atoms with Crippen LogP contribution in [0, 0.1) is 5.92 Å². The Morgan fingerprint density at radius 3 is 2.56 bits per heavy atom. The maximum Gasteiger partial charge on any atom is 0.251 e. The first-order chi connectivity index (χ1) is 8.52. The topological polar surface area (TPSA) is 41.1 Å². The Bertz CT molecular complexity index is 388. The minimum Gasteiger partial charge on any atom is -0.383 e. The summed E-state index contributed by atoms with van der Waals surface area (Å²) in [6, 6.07) is 8.04. The predicted octanol–water partition coefficient (Wildman–Crippen LogP) is 3.28. The molecule has 1 atom stereocenters. The third kappa shape index (κ3) is 4.78.